The SMILES string of the molecule is COC(=O)NCCc1cc(C(C)(C)C)ccc1OC. The minimum absolute atomic E-state index is 0.0940. The highest BCUT2D eigenvalue weighted by atomic mass is 16.5. The van der Waals surface area contributed by atoms with Crippen molar-refractivity contribution in [3.8, 4) is 5.75 Å². The van der Waals surface area contributed by atoms with Crippen LogP contribution in [0.3, 0.4) is 0 Å². The monoisotopic (exact) mass is 265 g/mol. The van der Waals surface area contributed by atoms with Gasteiger partial charge in [0.25, 0.3) is 0 Å². The number of amides is 1. The quantitative estimate of drug-likeness (QED) is 0.910. The van der Waals surface area contributed by atoms with Crippen LogP contribution in [0.2, 0.25) is 0 Å². The van der Waals surface area contributed by atoms with Crippen molar-refractivity contribution < 1.29 is 14.3 Å². The zero-order valence-corrected chi connectivity index (χ0v) is 12.4. The topological polar surface area (TPSA) is 47.6 Å². The van der Waals surface area contributed by atoms with Gasteiger partial charge in [0.2, 0.25) is 0 Å². The van der Waals surface area contributed by atoms with Crippen LogP contribution in [0.1, 0.15) is 31.9 Å². The largest absolute Gasteiger partial charge is 0.496 e. The summed E-state index contributed by atoms with van der Waals surface area (Å²) >= 11 is 0. The number of benzene rings is 1. The second-order valence-corrected chi connectivity index (χ2v) is 5.44. The second-order valence-electron chi connectivity index (χ2n) is 5.44. The molecule has 0 aliphatic carbocycles. The summed E-state index contributed by atoms with van der Waals surface area (Å²) in [5.74, 6) is 0.847. The van der Waals surface area contributed by atoms with Gasteiger partial charge in [-0.3, -0.25) is 0 Å². The van der Waals surface area contributed by atoms with Crippen molar-refractivity contribution in [2.24, 2.45) is 0 Å². The predicted octanol–water partition coefficient (Wildman–Crippen LogP) is 2.89. The molecule has 1 aromatic carbocycles. The lowest BCUT2D eigenvalue weighted by atomic mass is 9.85. The Labute approximate surface area is 115 Å². The van der Waals surface area contributed by atoms with E-state index in [1.54, 1.807) is 7.11 Å². The number of rotatable bonds is 4. The molecule has 0 atom stereocenters. The molecule has 0 aliphatic heterocycles. The van der Waals surface area contributed by atoms with E-state index < -0.39 is 6.09 Å². The van der Waals surface area contributed by atoms with E-state index in [0.717, 1.165) is 11.3 Å². The molecule has 1 amide bonds. The first-order valence-corrected chi connectivity index (χ1v) is 6.37. The fourth-order valence-electron chi connectivity index (χ4n) is 1.81. The minimum atomic E-state index is -0.411. The van der Waals surface area contributed by atoms with Crippen molar-refractivity contribution in [1.29, 1.82) is 0 Å². The third-order valence-electron chi connectivity index (χ3n) is 3.00. The molecule has 0 heterocycles. The molecule has 0 fully saturated rings. The van der Waals surface area contributed by atoms with Crippen molar-refractivity contribution in [2.45, 2.75) is 32.6 Å². The van der Waals surface area contributed by atoms with E-state index in [1.807, 2.05) is 6.07 Å². The van der Waals surface area contributed by atoms with Crippen molar-refractivity contribution in [1.82, 2.24) is 5.32 Å². The van der Waals surface area contributed by atoms with E-state index in [2.05, 4.69) is 43.0 Å². The molecule has 0 saturated carbocycles. The summed E-state index contributed by atoms with van der Waals surface area (Å²) in [5, 5.41) is 2.67. The van der Waals surface area contributed by atoms with Gasteiger partial charge < -0.3 is 14.8 Å². The van der Waals surface area contributed by atoms with Gasteiger partial charge in [0.05, 0.1) is 14.2 Å². The first-order chi connectivity index (χ1) is 8.88. The molecule has 19 heavy (non-hydrogen) atoms. The zero-order valence-electron chi connectivity index (χ0n) is 12.4. The van der Waals surface area contributed by atoms with Crippen molar-refractivity contribution >= 4 is 6.09 Å². The fourth-order valence-corrected chi connectivity index (χ4v) is 1.81. The molecule has 0 saturated heterocycles. The van der Waals surface area contributed by atoms with E-state index in [9.17, 15) is 4.79 Å². The van der Waals surface area contributed by atoms with Crippen LogP contribution in [0, 0.1) is 0 Å². The molecule has 0 aromatic heterocycles. The van der Waals surface area contributed by atoms with E-state index in [1.165, 1.54) is 12.7 Å². The number of carbonyl (C=O) groups is 1. The van der Waals surface area contributed by atoms with Crippen LogP contribution in [0.25, 0.3) is 0 Å². The van der Waals surface area contributed by atoms with Crippen LogP contribution in [-0.4, -0.2) is 26.9 Å². The summed E-state index contributed by atoms with van der Waals surface area (Å²) in [7, 11) is 3.01. The van der Waals surface area contributed by atoms with Crippen molar-refractivity contribution in [2.75, 3.05) is 20.8 Å². The second kappa shape index (κ2) is 6.45. The molecule has 1 rings (SSSR count). The lowest BCUT2D eigenvalue weighted by Crippen LogP contribution is -2.25. The van der Waals surface area contributed by atoms with Crippen LogP contribution >= 0.6 is 0 Å². The van der Waals surface area contributed by atoms with Gasteiger partial charge >= 0.3 is 6.09 Å². The van der Waals surface area contributed by atoms with E-state index in [-0.39, 0.29) is 5.41 Å². The van der Waals surface area contributed by atoms with Crippen LogP contribution in [0.15, 0.2) is 18.2 Å². The van der Waals surface area contributed by atoms with E-state index in [4.69, 9.17) is 4.74 Å². The molecular formula is C15H23NO3. The van der Waals surface area contributed by atoms with Gasteiger partial charge in [0, 0.05) is 6.54 Å². The Morgan fingerprint density at radius 3 is 2.47 bits per heavy atom. The molecule has 0 bridgehead atoms. The van der Waals surface area contributed by atoms with Gasteiger partial charge in [-0.2, -0.15) is 0 Å². The maximum Gasteiger partial charge on any atom is 0.406 e. The Balaban J connectivity index is 2.82. The van der Waals surface area contributed by atoms with Crippen LogP contribution in [0.5, 0.6) is 5.75 Å². The fraction of sp³-hybridized carbons (Fsp3) is 0.533. The van der Waals surface area contributed by atoms with Gasteiger partial charge in [0.15, 0.2) is 0 Å². The maximum absolute atomic E-state index is 11.0. The molecule has 0 aliphatic rings. The number of hydrogen-bond donors (Lipinski definition) is 1. The van der Waals surface area contributed by atoms with E-state index in [0.29, 0.717) is 13.0 Å². The summed E-state index contributed by atoms with van der Waals surface area (Å²) < 4.78 is 9.89. The standard InChI is InChI=1S/C15H23NO3/c1-15(2,3)12-6-7-13(18-4)11(10-12)8-9-16-14(17)19-5/h6-7,10H,8-9H2,1-5H3,(H,16,17). The Hall–Kier alpha value is -1.71. The van der Waals surface area contributed by atoms with Crippen molar-refractivity contribution in [3.63, 3.8) is 0 Å². The van der Waals surface area contributed by atoms with Gasteiger partial charge in [-0.1, -0.05) is 32.9 Å². The third kappa shape index (κ3) is 4.47. The lowest BCUT2D eigenvalue weighted by Gasteiger charge is -2.21. The summed E-state index contributed by atoms with van der Waals surface area (Å²) in [6.07, 6.45) is 0.299. The molecule has 106 valence electrons. The van der Waals surface area contributed by atoms with Gasteiger partial charge in [-0.15, -0.1) is 0 Å². The number of nitrogens with one attached hydrogen (secondary N) is 1. The maximum atomic E-state index is 11.0. The molecule has 0 spiro atoms. The summed E-state index contributed by atoms with van der Waals surface area (Å²) in [6.45, 7) is 7.04. The Bertz CT molecular complexity index is 436. The average Bonchev–Trinajstić information content (AvgIpc) is 2.37. The number of ether oxygens (including phenoxy) is 2. The number of alkyl carbamates (subject to hydrolysis) is 1. The molecule has 0 unspecified atom stereocenters. The summed E-state index contributed by atoms with van der Waals surface area (Å²) in [5.41, 5.74) is 2.43. The normalized spacial score (nSPS) is 11.0. The Morgan fingerprint density at radius 1 is 1.26 bits per heavy atom. The molecule has 1 aromatic rings. The average molecular weight is 265 g/mol. The van der Waals surface area contributed by atoms with Crippen LogP contribution < -0.4 is 10.1 Å². The van der Waals surface area contributed by atoms with Crippen LogP contribution in [0.4, 0.5) is 4.79 Å². The Kier molecular flexibility index (Phi) is 5.21. The molecule has 4 nitrogen and oxygen atoms in total. The number of methoxy groups -OCH3 is 2. The lowest BCUT2D eigenvalue weighted by molar-refractivity contribution is 0.171. The number of hydrogen-bond acceptors (Lipinski definition) is 3. The van der Waals surface area contributed by atoms with Gasteiger partial charge in [0.1, 0.15) is 5.75 Å². The highest BCUT2D eigenvalue weighted by molar-refractivity contribution is 5.66. The smallest absolute Gasteiger partial charge is 0.406 e. The molecule has 0 radical (unpaired) electrons. The number of carbonyl (C=O) groups excluding carboxylic acids is 1. The highest BCUT2D eigenvalue weighted by Gasteiger charge is 2.15. The van der Waals surface area contributed by atoms with Crippen molar-refractivity contribution in [3.05, 3.63) is 29.3 Å². The highest BCUT2D eigenvalue weighted by Crippen LogP contribution is 2.28. The predicted molar refractivity (Wildman–Crippen MR) is 75.8 cm³/mol. The summed E-state index contributed by atoms with van der Waals surface area (Å²) in [6, 6.07) is 6.20. The summed E-state index contributed by atoms with van der Waals surface area (Å²) in [4.78, 5) is 11.0. The van der Waals surface area contributed by atoms with E-state index >= 15 is 0 Å². The first kappa shape index (κ1) is 15.3. The van der Waals surface area contributed by atoms with Gasteiger partial charge in [-0.25, -0.2) is 4.79 Å². The minimum Gasteiger partial charge on any atom is -0.496 e. The van der Waals surface area contributed by atoms with Crippen LogP contribution in [-0.2, 0) is 16.6 Å². The Morgan fingerprint density at radius 2 is 1.95 bits per heavy atom. The molecule has 1 N–H and O–H groups in total. The first-order valence-electron chi connectivity index (χ1n) is 6.37. The van der Waals surface area contributed by atoms with Gasteiger partial charge in [-0.05, 0) is 29.0 Å². The molecular weight excluding hydrogens is 242 g/mol. The third-order valence-corrected chi connectivity index (χ3v) is 3.00. The molecule has 4 heteroatoms. The zero-order chi connectivity index (χ0) is 14.5.